The molecule has 0 spiro atoms. The summed E-state index contributed by atoms with van der Waals surface area (Å²) < 4.78 is 0. The highest BCUT2D eigenvalue weighted by atomic mass is 35.5. The fraction of sp³-hybridized carbons (Fsp3) is 0.318. The molecule has 146 valence electrons. The summed E-state index contributed by atoms with van der Waals surface area (Å²) in [5.41, 5.74) is 1.70. The van der Waals surface area contributed by atoms with Gasteiger partial charge in [-0.25, -0.2) is 4.90 Å². The average molecular weight is 399 g/mol. The van der Waals surface area contributed by atoms with Gasteiger partial charge in [0.15, 0.2) is 0 Å². The summed E-state index contributed by atoms with van der Waals surface area (Å²) in [6.07, 6.45) is 1.69. The van der Waals surface area contributed by atoms with Gasteiger partial charge >= 0.3 is 0 Å². The molecule has 1 aliphatic rings. The standard InChI is InChI=1S/C22H24ClN3O2/c1-3-25(4-2)13-12-24-15-20-18-10-5-6-11-19(18)21(27)26(22(20)28)17-9-7-8-16(23)14-17/h5-11,14-15,20H,3-4,12-13H2,1-2H3/p+1. The number of likely N-dealkylation sites (N-methyl/N-ethyl adjacent to an activating group) is 1. The molecule has 2 aromatic carbocycles. The fourth-order valence-electron chi connectivity index (χ4n) is 3.47. The van der Waals surface area contributed by atoms with Gasteiger partial charge in [0.25, 0.3) is 5.91 Å². The van der Waals surface area contributed by atoms with Crippen molar-refractivity contribution in [2.45, 2.75) is 19.8 Å². The van der Waals surface area contributed by atoms with Gasteiger partial charge in [-0.3, -0.25) is 14.6 Å². The van der Waals surface area contributed by atoms with E-state index in [9.17, 15) is 9.59 Å². The minimum atomic E-state index is -0.584. The van der Waals surface area contributed by atoms with Crippen LogP contribution in [-0.2, 0) is 4.79 Å². The normalized spacial score (nSPS) is 16.9. The second-order valence-electron chi connectivity index (χ2n) is 6.79. The van der Waals surface area contributed by atoms with Gasteiger partial charge in [-0.2, -0.15) is 0 Å². The Morgan fingerprint density at radius 2 is 1.86 bits per heavy atom. The van der Waals surface area contributed by atoms with Crippen LogP contribution < -0.4 is 9.80 Å². The lowest BCUT2D eigenvalue weighted by Gasteiger charge is -2.31. The molecule has 1 unspecified atom stereocenters. The maximum Gasteiger partial charge on any atom is 0.265 e. The van der Waals surface area contributed by atoms with E-state index in [1.165, 1.54) is 9.80 Å². The Bertz CT molecular complexity index is 893. The molecule has 2 amide bonds. The van der Waals surface area contributed by atoms with Gasteiger partial charge in [0.05, 0.1) is 37.8 Å². The molecule has 1 atom stereocenters. The zero-order valence-electron chi connectivity index (χ0n) is 16.2. The molecule has 3 rings (SSSR count). The first-order valence-electron chi connectivity index (χ1n) is 9.63. The maximum absolute atomic E-state index is 13.2. The summed E-state index contributed by atoms with van der Waals surface area (Å²) in [6.45, 7) is 7.97. The summed E-state index contributed by atoms with van der Waals surface area (Å²) in [5.74, 6) is -1.22. The molecule has 1 aliphatic heterocycles. The van der Waals surface area contributed by atoms with Crippen LogP contribution in [-0.4, -0.2) is 44.2 Å². The Balaban J connectivity index is 1.91. The van der Waals surface area contributed by atoms with Crippen molar-refractivity contribution in [1.82, 2.24) is 0 Å². The van der Waals surface area contributed by atoms with Crippen molar-refractivity contribution in [2.75, 3.05) is 31.1 Å². The van der Waals surface area contributed by atoms with E-state index in [0.717, 1.165) is 19.6 Å². The van der Waals surface area contributed by atoms with Crippen LogP contribution in [0.1, 0.15) is 35.7 Å². The van der Waals surface area contributed by atoms with E-state index in [0.29, 0.717) is 28.4 Å². The number of aliphatic imine (C=N–C) groups is 1. The van der Waals surface area contributed by atoms with Crippen LogP contribution in [0, 0.1) is 0 Å². The summed E-state index contributed by atoms with van der Waals surface area (Å²) in [4.78, 5) is 33.4. The number of halogens is 1. The smallest absolute Gasteiger partial charge is 0.265 e. The quantitative estimate of drug-likeness (QED) is 0.575. The first kappa shape index (κ1) is 20.2. The first-order valence-corrected chi connectivity index (χ1v) is 10.0. The first-order chi connectivity index (χ1) is 13.6. The molecule has 0 bridgehead atoms. The van der Waals surface area contributed by atoms with E-state index in [1.54, 1.807) is 42.6 Å². The topological polar surface area (TPSA) is 54.2 Å². The predicted molar refractivity (Wildman–Crippen MR) is 113 cm³/mol. The number of benzene rings is 2. The Hall–Kier alpha value is -2.50. The van der Waals surface area contributed by atoms with E-state index in [1.807, 2.05) is 12.1 Å². The highest BCUT2D eigenvalue weighted by Gasteiger charge is 2.38. The number of rotatable bonds is 7. The van der Waals surface area contributed by atoms with Crippen molar-refractivity contribution >= 4 is 35.3 Å². The van der Waals surface area contributed by atoms with Gasteiger partial charge in [0, 0.05) is 16.8 Å². The monoisotopic (exact) mass is 398 g/mol. The third kappa shape index (κ3) is 4.16. The van der Waals surface area contributed by atoms with Gasteiger partial charge in [-0.15, -0.1) is 0 Å². The molecule has 0 aliphatic carbocycles. The van der Waals surface area contributed by atoms with Gasteiger partial charge in [-0.05, 0) is 43.7 Å². The Morgan fingerprint density at radius 3 is 2.57 bits per heavy atom. The number of carbonyl (C=O) groups is 2. The van der Waals surface area contributed by atoms with Gasteiger partial charge < -0.3 is 4.90 Å². The number of carbonyl (C=O) groups excluding carboxylic acids is 2. The number of amides is 2. The lowest BCUT2D eigenvalue weighted by molar-refractivity contribution is -0.894. The van der Waals surface area contributed by atoms with Crippen molar-refractivity contribution < 1.29 is 14.5 Å². The van der Waals surface area contributed by atoms with Gasteiger partial charge in [0.2, 0.25) is 5.91 Å². The van der Waals surface area contributed by atoms with E-state index < -0.39 is 5.92 Å². The van der Waals surface area contributed by atoms with Crippen LogP contribution in [0.2, 0.25) is 5.02 Å². The average Bonchev–Trinajstić information content (AvgIpc) is 2.70. The molecule has 1 N–H and O–H groups in total. The number of imide groups is 1. The molecule has 0 saturated carbocycles. The highest BCUT2D eigenvalue weighted by molar-refractivity contribution is 6.32. The van der Waals surface area contributed by atoms with Crippen molar-refractivity contribution in [1.29, 1.82) is 0 Å². The number of fused-ring (bicyclic) bond motifs is 1. The molecular formula is C22H25ClN3O2+. The summed E-state index contributed by atoms with van der Waals surface area (Å²) in [6, 6.07) is 14.0. The molecule has 28 heavy (non-hydrogen) atoms. The minimum Gasteiger partial charge on any atom is -0.334 e. The molecule has 2 aromatic rings. The second kappa shape index (κ2) is 9.13. The third-order valence-electron chi connectivity index (χ3n) is 5.13. The zero-order chi connectivity index (χ0) is 20.1. The number of anilines is 1. The van der Waals surface area contributed by atoms with Gasteiger partial charge in [-0.1, -0.05) is 35.9 Å². The number of quaternary nitrogens is 1. The molecule has 0 radical (unpaired) electrons. The Morgan fingerprint density at radius 1 is 1.11 bits per heavy atom. The van der Waals surface area contributed by atoms with Crippen molar-refractivity contribution in [2.24, 2.45) is 4.99 Å². The van der Waals surface area contributed by atoms with Crippen molar-refractivity contribution in [3.8, 4) is 0 Å². The summed E-state index contributed by atoms with van der Waals surface area (Å²) >= 11 is 6.08. The lowest BCUT2D eigenvalue weighted by Crippen LogP contribution is -3.11. The molecule has 6 heteroatoms. The third-order valence-corrected chi connectivity index (χ3v) is 5.37. The van der Waals surface area contributed by atoms with E-state index in [-0.39, 0.29) is 11.8 Å². The maximum atomic E-state index is 13.2. The number of nitrogens with zero attached hydrogens (tertiary/aromatic N) is 2. The second-order valence-corrected chi connectivity index (χ2v) is 7.22. The molecule has 0 fully saturated rings. The highest BCUT2D eigenvalue weighted by Crippen LogP contribution is 2.32. The van der Waals surface area contributed by atoms with Crippen LogP contribution in [0.4, 0.5) is 5.69 Å². The molecule has 0 saturated heterocycles. The van der Waals surface area contributed by atoms with Crippen LogP contribution in [0.15, 0.2) is 53.5 Å². The van der Waals surface area contributed by atoms with E-state index in [2.05, 4.69) is 18.8 Å². The number of hydrogen-bond acceptors (Lipinski definition) is 3. The molecule has 1 heterocycles. The van der Waals surface area contributed by atoms with Gasteiger partial charge in [0.1, 0.15) is 0 Å². The predicted octanol–water partition coefficient (Wildman–Crippen LogP) is 2.61. The Kier molecular flexibility index (Phi) is 6.60. The molecular weight excluding hydrogens is 374 g/mol. The van der Waals surface area contributed by atoms with Crippen LogP contribution in [0.5, 0.6) is 0 Å². The number of hydrogen-bond donors (Lipinski definition) is 1. The Labute approximate surface area is 170 Å². The van der Waals surface area contributed by atoms with Crippen LogP contribution >= 0.6 is 11.6 Å². The van der Waals surface area contributed by atoms with Crippen molar-refractivity contribution in [3.63, 3.8) is 0 Å². The SMILES string of the molecule is CC[NH+](CC)CCN=CC1C(=O)N(c2cccc(Cl)c2)C(=O)c2ccccc21. The summed E-state index contributed by atoms with van der Waals surface area (Å²) in [5, 5.41) is 0.476. The van der Waals surface area contributed by atoms with Crippen LogP contribution in [0.25, 0.3) is 0 Å². The fourth-order valence-corrected chi connectivity index (χ4v) is 3.65. The molecule has 0 aromatic heterocycles. The van der Waals surface area contributed by atoms with Crippen LogP contribution in [0.3, 0.4) is 0 Å². The largest absolute Gasteiger partial charge is 0.334 e. The zero-order valence-corrected chi connectivity index (χ0v) is 16.9. The molecule has 5 nitrogen and oxygen atoms in total. The number of nitrogens with one attached hydrogen (secondary N) is 1. The van der Waals surface area contributed by atoms with E-state index >= 15 is 0 Å². The van der Waals surface area contributed by atoms with E-state index in [4.69, 9.17) is 11.6 Å². The van der Waals surface area contributed by atoms with Crippen molar-refractivity contribution in [3.05, 3.63) is 64.7 Å². The summed E-state index contributed by atoms with van der Waals surface area (Å²) in [7, 11) is 0. The minimum absolute atomic E-state index is 0.301. The lowest BCUT2D eigenvalue weighted by atomic mass is 9.89.